The zero-order valence-corrected chi connectivity index (χ0v) is 12.9. The average Bonchev–Trinajstić information content (AvgIpc) is 2.82. The van der Waals surface area contributed by atoms with Crippen LogP contribution in [0, 0.1) is 6.92 Å². The molecule has 2 N–H and O–H groups in total. The number of rotatable bonds is 7. The fourth-order valence-electron chi connectivity index (χ4n) is 2.01. The van der Waals surface area contributed by atoms with E-state index >= 15 is 0 Å². The van der Waals surface area contributed by atoms with Gasteiger partial charge in [-0.05, 0) is 38.1 Å². The fraction of sp³-hybridized carbons (Fsp3) is 0.357. The molecule has 0 saturated carbocycles. The van der Waals surface area contributed by atoms with Crippen molar-refractivity contribution in [3.63, 3.8) is 0 Å². The Balaban J connectivity index is 2.01. The van der Waals surface area contributed by atoms with Gasteiger partial charge in [0.25, 0.3) is 0 Å². The van der Waals surface area contributed by atoms with Crippen molar-refractivity contribution < 1.29 is 12.8 Å². The minimum atomic E-state index is -3.55. The van der Waals surface area contributed by atoms with Crippen LogP contribution < -0.4 is 10.0 Å². The van der Waals surface area contributed by atoms with Crippen LogP contribution in [0.25, 0.3) is 0 Å². The van der Waals surface area contributed by atoms with Crippen molar-refractivity contribution in [3.8, 4) is 0 Å². The highest BCUT2D eigenvalue weighted by Crippen LogP contribution is 2.19. The van der Waals surface area contributed by atoms with Crippen LogP contribution in [0.4, 0.5) is 0 Å². The van der Waals surface area contributed by atoms with Gasteiger partial charge < -0.3 is 9.73 Å². The first-order chi connectivity index (χ1) is 10.0. The van der Waals surface area contributed by atoms with Crippen LogP contribution in [0.5, 0.6) is 0 Å². The largest absolute Gasteiger partial charge is 0.464 e. The van der Waals surface area contributed by atoms with E-state index in [4.69, 9.17) is 4.42 Å². The Bertz CT molecular complexity index is 681. The second kappa shape index (κ2) is 6.84. The van der Waals surface area contributed by atoms with E-state index in [0.29, 0.717) is 31.0 Å². The minimum Gasteiger partial charge on any atom is -0.464 e. The predicted octanol–water partition coefficient (Wildman–Crippen LogP) is 1.22. The number of nitrogens with one attached hydrogen (secondary N) is 2. The molecule has 2 heterocycles. The Morgan fingerprint density at radius 3 is 2.67 bits per heavy atom. The summed E-state index contributed by atoms with van der Waals surface area (Å²) in [5, 5.41) is 2.93. The summed E-state index contributed by atoms with van der Waals surface area (Å²) in [6.07, 6.45) is 3.99. The molecule has 0 aliphatic heterocycles. The van der Waals surface area contributed by atoms with Gasteiger partial charge in [0.15, 0.2) is 0 Å². The predicted molar refractivity (Wildman–Crippen MR) is 79.3 cm³/mol. The molecule has 0 spiro atoms. The molecule has 0 radical (unpaired) electrons. The number of hydrogen-bond acceptors (Lipinski definition) is 5. The lowest BCUT2D eigenvalue weighted by atomic mass is 10.2. The first kappa shape index (κ1) is 15.7. The number of sulfonamides is 1. The van der Waals surface area contributed by atoms with Gasteiger partial charge in [0, 0.05) is 25.0 Å². The van der Waals surface area contributed by atoms with Gasteiger partial charge in [-0.15, -0.1) is 0 Å². The molecule has 0 aromatic carbocycles. The third-order valence-corrected chi connectivity index (χ3v) is 4.59. The summed E-state index contributed by atoms with van der Waals surface area (Å²) in [6.45, 7) is 2.47. The molecule has 0 bridgehead atoms. The van der Waals surface area contributed by atoms with Gasteiger partial charge in [0.05, 0.1) is 6.54 Å². The summed E-state index contributed by atoms with van der Waals surface area (Å²) in [5.74, 6) is 1.00. The minimum absolute atomic E-state index is 0.197. The second-order valence-corrected chi connectivity index (χ2v) is 6.40. The summed E-state index contributed by atoms with van der Waals surface area (Å²) < 4.78 is 32.5. The third-order valence-electron chi connectivity index (χ3n) is 3.02. The van der Waals surface area contributed by atoms with Crippen molar-refractivity contribution in [2.75, 3.05) is 13.6 Å². The average molecular weight is 309 g/mol. The summed E-state index contributed by atoms with van der Waals surface area (Å²) in [6, 6.07) is 5.28. The molecule has 2 aromatic heterocycles. The first-order valence-electron chi connectivity index (χ1n) is 6.65. The van der Waals surface area contributed by atoms with Gasteiger partial charge in [0.1, 0.15) is 16.4 Å². The number of aryl methyl sites for hydroxylation is 1. The molecule has 0 amide bonds. The highest BCUT2D eigenvalue weighted by atomic mass is 32.2. The number of aromatic nitrogens is 1. The van der Waals surface area contributed by atoms with Gasteiger partial charge >= 0.3 is 0 Å². The Labute approximate surface area is 124 Å². The van der Waals surface area contributed by atoms with E-state index in [0.717, 1.165) is 5.56 Å². The molecule has 7 heteroatoms. The third kappa shape index (κ3) is 4.13. The molecule has 6 nitrogen and oxygen atoms in total. The lowest BCUT2D eigenvalue weighted by Crippen LogP contribution is -2.26. The van der Waals surface area contributed by atoms with Crippen molar-refractivity contribution in [1.82, 2.24) is 15.0 Å². The van der Waals surface area contributed by atoms with E-state index in [-0.39, 0.29) is 4.90 Å². The van der Waals surface area contributed by atoms with Crippen molar-refractivity contribution >= 4 is 10.0 Å². The number of nitrogens with zero attached hydrogens (tertiary/aromatic N) is 1. The van der Waals surface area contributed by atoms with Gasteiger partial charge in [-0.2, -0.15) is 0 Å². The fourth-order valence-corrected chi connectivity index (χ4v) is 3.24. The quantitative estimate of drug-likeness (QED) is 0.803. The topological polar surface area (TPSA) is 84.2 Å². The molecule has 114 valence electrons. The summed E-state index contributed by atoms with van der Waals surface area (Å²) in [4.78, 5) is 4.12. The van der Waals surface area contributed by atoms with Gasteiger partial charge in [-0.25, -0.2) is 13.1 Å². The molecule has 2 rings (SSSR count). The molecular formula is C14H19N3O3S. The molecule has 0 atom stereocenters. The summed E-state index contributed by atoms with van der Waals surface area (Å²) in [5.41, 5.74) is 1.03. The maximum Gasteiger partial charge on any atom is 0.244 e. The standard InChI is InChI=1S/C14H19N3O3S/c1-11-14(9-13(20-11)10-15-2)21(18,19)17-8-5-12-3-6-16-7-4-12/h3-4,6-7,9,15,17H,5,8,10H2,1-2H3. The van der Waals surface area contributed by atoms with E-state index in [1.165, 1.54) is 0 Å². The molecule has 0 aliphatic carbocycles. The van der Waals surface area contributed by atoms with Crippen LogP contribution in [-0.4, -0.2) is 27.0 Å². The molecule has 0 aliphatic rings. The molecule has 21 heavy (non-hydrogen) atoms. The first-order valence-corrected chi connectivity index (χ1v) is 8.13. The Hall–Kier alpha value is -1.70. The van der Waals surface area contributed by atoms with E-state index in [1.54, 1.807) is 32.4 Å². The molecule has 0 fully saturated rings. The summed E-state index contributed by atoms with van der Waals surface area (Å²) in [7, 11) is -1.77. The zero-order valence-electron chi connectivity index (χ0n) is 12.1. The summed E-state index contributed by atoms with van der Waals surface area (Å²) >= 11 is 0. The smallest absolute Gasteiger partial charge is 0.244 e. The SMILES string of the molecule is CNCc1cc(S(=O)(=O)NCCc2ccncc2)c(C)o1. The van der Waals surface area contributed by atoms with Crippen molar-refractivity contribution in [1.29, 1.82) is 0 Å². The molecular weight excluding hydrogens is 290 g/mol. The van der Waals surface area contributed by atoms with E-state index in [1.807, 2.05) is 12.1 Å². The van der Waals surface area contributed by atoms with Crippen molar-refractivity contribution in [2.45, 2.75) is 24.8 Å². The van der Waals surface area contributed by atoms with Crippen LogP contribution in [0.1, 0.15) is 17.1 Å². The van der Waals surface area contributed by atoms with Crippen LogP contribution in [0.2, 0.25) is 0 Å². The monoisotopic (exact) mass is 309 g/mol. The van der Waals surface area contributed by atoms with Crippen molar-refractivity contribution in [2.24, 2.45) is 0 Å². The van der Waals surface area contributed by atoms with E-state index in [9.17, 15) is 8.42 Å². The molecule has 2 aromatic rings. The Morgan fingerprint density at radius 2 is 2.00 bits per heavy atom. The maximum atomic E-state index is 12.3. The van der Waals surface area contributed by atoms with Crippen LogP contribution in [0.3, 0.4) is 0 Å². The van der Waals surface area contributed by atoms with Gasteiger partial charge in [-0.3, -0.25) is 4.98 Å². The highest BCUT2D eigenvalue weighted by Gasteiger charge is 2.20. The number of furan rings is 1. The van der Waals surface area contributed by atoms with Gasteiger partial charge in [0.2, 0.25) is 10.0 Å². The van der Waals surface area contributed by atoms with Crippen LogP contribution in [-0.2, 0) is 23.0 Å². The normalized spacial score (nSPS) is 11.7. The highest BCUT2D eigenvalue weighted by molar-refractivity contribution is 7.89. The molecule has 0 unspecified atom stereocenters. The molecule has 0 saturated heterocycles. The van der Waals surface area contributed by atoms with Crippen molar-refractivity contribution in [3.05, 3.63) is 47.7 Å². The van der Waals surface area contributed by atoms with Gasteiger partial charge in [-0.1, -0.05) is 0 Å². The van der Waals surface area contributed by atoms with E-state index in [2.05, 4.69) is 15.0 Å². The van der Waals surface area contributed by atoms with E-state index < -0.39 is 10.0 Å². The number of pyridine rings is 1. The Kier molecular flexibility index (Phi) is 5.11. The van der Waals surface area contributed by atoms with Crippen LogP contribution in [0.15, 0.2) is 39.9 Å². The lowest BCUT2D eigenvalue weighted by molar-refractivity contribution is 0.465. The maximum absolute atomic E-state index is 12.3. The van der Waals surface area contributed by atoms with Crippen LogP contribution >= 0.6 is 0 Å². The number of hydrogen-bond donors (Lipinski definition) is 2. The lowest BCUT2D eigenvalue weighted by Gasteiger charge is -2.05. The Morgan fingerprint density at radius 1 is 1.29 bits per heavy atom. The zero-order chi connectivity index (χ0) is 15.3. The second-order valence-electron chi connectivity index (χ2n) is 4.67.